The highest BCUT2D eigenvalue weighted by atomic mass is 32.2. The maximum Gasteiger partial charge on any atom is 0.137 e. The van der Waals surface area contributed by atoms with Crippen LogP contribution in [0, 0.1) is 0 Å². The summed E-state index contributed by atoms with van der Waals surface area (Å²) in [5.41, 5.74) is 3.64. The number of rotatable bonds is 7. The largest absolute Gasteiger partial charge is 0.169 e. The van der Waals surface area contributed by atoms with Crippen LogP contribution in [0.15, 0.2) is 0 Å². The Morgan fingerprint density at radius 2 is 2.06 bits per heavy atom. The van der Waals surface area contributed by atoms with E-state index in [4.69, 9.17) is 0 Å². The van der Waals surface area contributed by atoms with Crippen molar-refractivity contribution in [1.29, 1.82) is 0 Å². The minimum Gasteiger partial charge on any atom is -0.169 e. The molecule has 0 aliphatic carbocycles. The molecule has 16 heavy (non-hydrogen) atoms. The van der Waals surface area contributed by atoms with Gasteiger partial charge in [-0.25, -0.2) is 0 Å². The molecule has 6 heteroatoms. The predicted octanol–water partition coefficient (Wildman–Crippen LogP) is 2.97. The van der Waals surface area contributed by atoms with Gasteiger partial charge in [0, 0.05) is 6.26 Å². The molecule has 0 radical (unpaired) electrons. The van der Waals surface area contributed by atoms with Crippen LogP contribution in [0.4, 0.5) is 0 Å². The van der Waals surface area contributed by atoms with E-state index in [1.165, 1.54) is 32.4 Å². The Bertz CT molecular complexity index is 192. The van der Waals surface area contributed by atoms with Gasteiger partial charge in [-0.1, -0.05) is 30.8 Å². The van der Waals surface area contributed by atoms with Crippen LogP contribution < -0.4 is 5.53 Å². The third-order valence-electron chi connectivity index (χ3n) is 2.93. The molecule has 2 atom stereocenters. The van der Waals surface area contributed by atoms with E-state index in [0.29, 0.717) is 5.37 Å². The molecular formula is C10H24N3S3+. The Labute approximate surface area is 113 Å². The van der Waals surface area contributed by atoms with E-state index in [1.807, 2.05) is 23.7 Å². The highest BCUT2D eigenvalue weighted by molar-refractivity contribution is 8.01. The fourth-order valence-corrected chi connectivity index (χ4v) is 4.52. The zero-order valence-electron chi connectivity index (χ0n) is 10.7. The van der Waals surface area contributed by atoms with Gasteiger partial charge in [0.25, 0.3) is 0 Å². The maximum absolute atomic E-state index is 3.64. The molecule has 3 nitrogen and oxygen atoms in total. The SMILES string of the molecule is CCCCC[N+]1(SC)CC(SC)N(SC)N1. The minimum atomic E-state index is 0.587. The van der Waals surface area contributed by atoms with Crippen LogP contribution in [-0.4, -0.2) is 45.6 Å². The second-order valence-electron chi connectivity index (χ2n) is 3.98. The Morgan fingerprint density at radius 1 is 1.31 bits per heavy atom. The van der Waals surface area contributed by atoms with E-state index >= 15 is 0 Å². The quantitative estimate of drug-likeness (QED) is 0.437. The van der Waals surface area contributed by atoms with Crippen molar-refractivity contribution in [2.45, 2.75) is 31.6 Å². The lowest BCUT2D eigenvalue weighted by molar-refractivity contribution is -0.835. The van der Waals surface area contributed by atoms with Gasteiger partial charge in [0.15, 0.2) is 0 Å². The summed E-state index contributed by atoms with van der Waals surface area (Å²) in [6, 6.07) is 0. The monoisotopic (exact) mass is 282 g/mol. The second-order valence-corrected chi connectivity index (χ2v) is 6.82. The standard InChI is InChI=1S/C10H24N3S3/c1-5-6-7-8-13(16-4)9-10(14-2)12(11-13)15-3/h10-11H,5-9H2,1-4H3/q+1. The number of hydrazine groups is 1. The van der Waals surface area contributed by atoms with E-state index in [-0.39, 0.29) is 0 Å². The van der Waals surface area contributed by atoms with Crippen LogP contribution in [0.25, 0.3) is 0 Å². The number of hydrogen-bond donors (Lipinski definition) is 1. The number of thioether (sulfide) groups is 1. The maximum atomic E-state index is 3.64. The molecule has 0 aromatic rings. The van der Waals surface area contributed by atoms with Crippen molar-refractivity contribution in [2.24, 2.45) is 0 Å². The summed E-state index contributed by atoms with van der Waals surface area (Å²) in [6.07, 6.45) is 10.5. The van der Waals surface area contributed by atoms with Gasteiger partial charge in [-0.05, 0) is 25.4 Å². The van der Waals surface area contributed by atoms with Crippen molar-refractivity contribution in [3.63, 3.8) is 0 Å². The number of unbranched alkanes of at least 4 members (excludes halogenated alkanes) is 2. The van der Waals surface area contributed by atoms with E-state index in [2.05, 4.69) is 35.6 Å². The van der Waals surface area contributed by atoms with Gasteiger partial charge in [-0.15, -0.1) is 16.2 Å². The minimum absolute atomic E-state index is 0.587. The van der Waals surface area contributed by atoms with Crippen LogP contribution in [0.2, 0.25) is 0 Å². The van der Waals surface area contributed by atoms with Gasteiger partial charge in [-0.2, -0.15) is 4.00 Å². The summed E-state index contributed by atoms with van der Waals surface area (Å²) in [5, 5.41) is 0.587. The summed E-state index contributed by atoms with van der Waals surface area (Å²) >= 11 is 5.66. The van der Waals surface area contributed by atoms with Crippen molar-refractivity contribution >= 4 is 35.7 Å². The molecule has 0 aromatic heterocycles. The molecular weight excluding hydrogens is 258 g/mol. The third kappa shape index (κ3) is 3.71. The van der Waals surface area contributed by atoms with E-state index in [1.54, 1.807) is 11.9 Å². The van der Waals surface area contributed by atoms with Crippen molar-refractivity contribution in [3.8, 4) is 0 Å². The number of quaternary nitrogens is 1. The Morgan fingerprint density at radius 3 is 2.50 bits per heavy atom. The lowest BCUT2D eigenvalue weighted by Gasteiger charge is -2.28. The molecule has 1 aliphatic rings. The van der Waals surface area contributed by atoms with Gasteiger partial charge in [0.1, 0.15) is 18.5 Å². The molecule has 1 aliphatic heterocycles. The van der Waals surface area contributed by atoms with Crippen LogP contribution in [0.3, 0.4) is 0 Å². The van der Waals surface area contributed by atoms with Gasteiger partial charge >= 0.3 is 0 Å². The molecule has 1 N–H and O–H groups in total. The second kappa shape index (κ2) is 7.38. The average molecular weight is 283 g/mol. The zero-order valence-corrected chi connectivity index (χ0v) is 13.2. The van der Waals surface area contributed by atoms with Gasteiger partial charge in [0.05, 0.1) is 11.9 Å². The summed E-state index contributed by atoms with van der Waals surface area (Å²) < 4.78 is 3.28. The molecule has 2 unspecified atom stereocenters. The number of hydrogen-bond acceptors (Lipinski definition) is 5. The number of nitrogens with one attached hydrogen (secondary N) is 1. The van der Waals surface area contributed by atoms with Crippen LogP contribution in [-0.2, 0) is 0 Å². The summed E-state index contributed by atoms with van der Waals surface area (Å²) in [5.74, 6) is 0. The molecule has 96 valence electrons. The molecule has 1 rings (SSSR count). The highest BCUT2D eigenvalue weighted by Gasteiger charge is 2.43. The molecule has 0 saturated carbocycles. The first-order valence-electron chi connectivity index (χ1n) is 5.78. The summed E-state index contributed by atoms with van der Waals surface area (Å²) in [4.78, 5) is 0. The van der Waals surface area contributed by atoms with E-state index < -0.39 is 0 Å². The van der Waals surface area contributed by atoms with E-state index in [0.717, 1.165) is 4.00 Å². The molecule has 0 spiro atoms. The van der Waals surface area contributed by atoms with Crippen LogP contribution >= 0.6 is 35.7 Å². The topological polar surface area (TPSA) is 15.3 Å². The normalized spacial score (nSPS) is 31.1. The van der Waals surface area contributed by atoms with Gasteiger partial charge < -0.3 is 0 Å². The van der Waals surface area contributed by atoms with Crippen molar-refractivity contribution in [1.82, 2.24) is 9.95 Å². The number of nitrogens with zero attached hydrogens (tertiary/aromatic N) is 2. The molecule has 0 aromatic carbocycles. The molecule has 1 fully saturated rings. The molecule has 0 bridgehead atoms. The smallest absolute Gasteiger partial charge is 0.137 e. The Hall–Kier alpha value is 0.930. The molecule has 0 amide bonds. The Balaban J connectivity index is 2.53. The van der Waals surface area contributed by atoms with Crippen molar-refractivity contribution in [2.75, 3.05) is 31.9 Å². The van der Waals surface area contributed by atoms with E-state index in [9.17, 15) is 0 Å². The first-order chi connectivity index (χ1) is 7.71. The average Bonchev–Trinajstić information content (AvgIpc) is 2.68. The predicted molar refractivity (Wildman–Crippen MR) is 78.8 cm³/mol. The fraction of sp³-hybridized carbons (Fsp3) is 1.00. The first-order valence-corrected chi connectivity index (χ1v) is 9.43. The van der Waals surface area contributed by atoms with Crippen LogP contribution in [0.1, 0.15) is 26.2 Å². The van der Waals surface area contributed by atoms with Crippen molar-refractivity contribution in [3.05, 3.63) is 0 Å². The molecule has 1 saturated heterocycles. The summed E-state index contributed by atoms with van der Waals surface area (Å²) in [6.45, 7) is 4.68. The third-order valence-corrected chi connectivity index (χ3v) is 5.81. The fourth-order valence-electron chi connectivity index (χ4n) is 1.91. The van der Waals surface area contributed by atoms with Crippen molar-refractivity contribution < 1.29 is 4.00 Å². The van der Waals surface area contributed by atoms with Gasteiger partial charge in [0.2, 0.25) is 0 Å². The zero-order chi connectivity index (χ0) is 12.0. The lowest BCUT2D eigenvalue weighted by Crippen LogP contribution is -2.50. The highest BCUT2D eigenvalue weighted by Crippen LogP contribution is 2.33. The first kappa shape index (κ1) is 15.0. The van der Waals surface area contributed by atoms with Crippen LogP contribution in [0.5, 0.6) is 0 Å². The summed E-state index contributed by atoms with van der Waals surface area (Å²) in [7, 11) is 0. The Kier molecular flexibility index (Phi) is 6.92. The molecule has 1 heterocycles. The van der Waals surface area contributed by atoms with Gasteiger partial charge in [-0.3, -0.25) is 0 Å². The lowest BCUT2D eigenvalue weighted by atomic mass is 10.2.